The van der Waals surface area contributed by atoms with Gasteiger partial charge in [-0.3, -0.25) is 5.32 Å². The SMILES string of the molecule is CNC1COc2ccc3[nH]c(C(F)(F)F)nc3c2O1. The van der Waals surface area contributed by atoms with E-state index in [1.54, 1.807) is 13.1 Å². The van der Waals surface area contributed by atoms with Crippen LogP contribution in [-0.2, 0) is 6.18 Å². The zero-order valence-corrected chi connectivity index (χ0v) is 9.84. The highest BCUT2D eigenvalue weighted by Gasteiger charge is 2.36. The van der Waals surface area contributed by atoms with E-state index in [1.165, 1.54) is 6.07 Å². The van der Waals surface area contributed by atoms with E-state index in [9.17, 15) is 13.2 Å². The lowest BCUT2D eigenvalue weighted by atomic mass is 10.2. The molecule has 2 aromatic rings. The van der Waals surface area contributed by atoms with Crippen molar-refractivity contribution in [3.05, 3.63) is 18.0 Å². The summed E-state index contributed by atoms with van der Waals surface area (Å²) in [6.45, 7) is 0.283. The van der Waals surface area contributed by atoms with Crippen LogP contribution in [0.1, 0.15) is 5.82 Å². The summed E-state index contributed by atoms with van der Waals surface area (Å²) in [5.41, 5.74) is 0.371. The zero-order valence-electron chi connectivity index (χ0n) is 9.84. The first-order valence-corrected chi connectivity index (χ1v) is 5.55. The first-order valence-electron chi connectivity index (χ1n) is 5.55. The Bertz CT molecular complexity index is 623. The summed E-state index contributed by atoms with van der Waals surface area (Å²) in [5.74, 6) is -0.444. The monoisotopic (exact) mass is 273 g/mol. The summed E-state index contributed by atoms with van der Waals surface area (Å²) in [4.78, 5) is 5.78. The minimum Gasteiger partial charge on any atom is -0.484 e. The van der Waals surface area contributed by atoms with Gasteiger partial charge in [0.1, 0.15) is 12.1 Å². The van der Waals surface area contributed by atoms with Crippen LogP contribution in [0.2, 0.25) is 0 Å². The highest BCUT2D eigenvalue weighted by atomic mass is 19.4. The minimum absolute atomic E-state index is 0.116. The number of nitrogens with one attached hydrogen (secondary N) is 2. The molecule has 1 aliphatic heterocycles. The molecule has 102 valence electrons. The van der Waals surface area contributed by atoms with Crippen molar-refractivity contribution in [3.8, 4) is 11.5 Å². The number of nitrogens with zero attached hydrogens (tertiary/aromatic N) is 1. The number of aromatic amines is 1. The maximum Gasteiger partial charge on any atom is 0.449 e. The molecule has 1 aliphatic rings. The highest BCUT2D eigenvalue weighted by Crippen LogP contribution is 2.39. The van der Waals surface area contributed by atoms with Crippen LogP contribution in [0.5, 0.6) is 11.5 Å². The lowest BCUT2D eigenvalue weighted by molar-refractivity contribution is -0.144. The van der Waals surface area contributed by atoms with E-state index in [-0.39, 0.29) is 23.4 Å². The second kappa shape index (κ2) is 4.02. The van der Waals surface area contributed by atoms with Crippen LogP contribution in [0, 0.1) is 0 Å². The zero-order chi connectivity index (χ0) is 13.6. The fourth-order valence-corrected chi connectivity index (χ4v) is 1.88. The molecule has 2 N–H and O–H groups in total. The van der Waals surface area contributed by atoms with Gasteiger partial charge in [0.2, 0.25) is 5.82 Å². The third-order valence-corrected chi connectivity index (χ3v) is 2.81. The molecule has 0 aliphatic carbocycles. The number of aromatic nitrogens is 2. The average Bonchev–Trinajstić information content (AvgIpc) is 2.82. The molecule has 2 heterocycles. The number of H-pyrrole nitrogens is 1. The van der Waals surface area contributed by atoms with Crippen LogP contribution in [0.15, 0.2) is 12.1 Å². The molecule has 8 heteroatoms. The van der Waals surface area contributed by atoms with Crippen molar-refractivity contribution in [2.45, 2.75) is 12.4 Å². The molecule has 1 atom stereocenters. The van der Waals surface area contributed by atoms with Crippen molar-refractivity contribution in [1.29, 1.82) is 0 Å². The van der Waals surface area contributed by atoms with Crippen molar-refractivity contribution in [1.82, 2.24) is 15.3 Å². The van der Waals surface area contributed by atoms with Crippen LogP contribution in [0.25, 0.3) is 11.0 Å². The van der Waals surface area contributed by atoms with E-state index in [0.29, 0.717) is 5.75 Å². The minimum atomic E-state index is -4.52. The Morgan fingerprint density at radius 1 is 1.42 bits per heavy atom. The summed E-state index contributed by atoms with van der Waals surface area (Å²) >= 11 is 0. The molecule has 5 nitrogen and oxygen atoms in total. The number of hydrogen-bond acceptors (Lipinski definition) is 4. The first kappa shape index (κ1) is 12.1. The van der Waals surface area contributed by atoms with Gasteiger partial charge in [0, 0.05) is 0 Å². The lowest BCUT2D eigenvalue weighted by Crippen LogP contribution is -2.39. The van der Waals surface area contributed by atoms with Gasteiger partial charge >= 0.3 is 6.18 Å². The molecule has 0 spiro atoms. The maximum atomic E-state index is 12.6. The number of benzene rings is 1. The van der Waals surface area contributed by atoms with Crippen LogP contribution >= 0.6 is 0 Å². The quantitative estimate of drug-likeness (QED) is 0.833. The number of ether oxygens (including phenoxy) is 2. The van der Waals surface area contributed by atoms with Crippen molar-refractivity contribution < 1.29 is 22.6 Å². The molecule has 0 bridgehead atoms. The molecule has 1 aromatic heterocycles. The topological polar surface area (TPSA) is 59.2 Å². The molecular formula is C11H10F3N3O2. The summed E-state index contributed by atoms with van der Waals surface area (Å²) in [6, 6.07) is 3.04. The van der Waals surface area contributed by atoms with Gasteiger partial charge in [-0.2, -0.15) is 13.2 Å². The van der Waals surface area contributed by atoms with E-state index in [1.807, 2.05) is 0 Å². The second-order valence-electron chi connectivity index (χ2n) is 4.08. The Hall–Kier alpha value is -1.96. The van der Waals surface area contributed by atoms with E-state index >= 15 is 0 Å². The molecule has 19 heavy (non-hydrogen) atoms. The number of fused-ring (bicyclic) bond motifs is 3. The molecule has 0 fully saturated rings. The van der Waals surface area contributed by atoms with Crippen LogP contribution in [0.4, 0.5) is 13.2 Å². The Balaban J connectivity index is 2.13. The average molecular weight is 273 g/mol. The van der Waals surface area contributed by atoms with E-state index in [2.05, 4.69) is 15.3 Å². The normalized spacial score (nSPS) is 18.8. The fraction of sp³-hybridized carbons (Fsp3) is 0.364. The van der Waals surface area contributed by atoms with Gasteiger partial charge < -0.3 is 14.5 Å². The number of imidazole rings is 1. The highest BCUT2D eigenvalue weighted by molar-refractivity contribution is 5.85. The Kier molecular flexibility index (Phi) is 2.56. The molecule has 1 unspecified atom stereocenters. The number of rotatable bonds is 1. The van der Waals surface area contributed by atoms with Gasteiger partial charge in [-0.15, -0.1) is 0 Å². The van der Waals surface area contributed by atoms with Crippen molar-refractivity contribution in [3.63, 3.8) is 0 Å². The first-order chi connectivity index (χ1) is 8.99. The van der Waals surface area contributed by atoms with Gasteiger partial charge in [-0.05, 0) is 19.2 Å². The van der Waals surface area contributed by atoms with Crippen LogP contribution < -0.4 is 14.8 Å². The van der Waals surface area contributed by atoms with Gasteiger partial charge in [0.25, 0.3) is 0 Å². The summed E-state index contributed by atoms with van der Waals surface area (Å²) in [7, 11) is 1.67. The van der Waals surface area contributed by atoms with Gasteiger partial charge in [0.15, 0.2) is 17.7 Å². The van der Waals surface area contributed by atoms with Gasteiger partial charge in [0.05, 0.1) is 5.52 Å². The van der Waals surface area contributed by atoms with Crippen LogP contribution in [-0.4, -0.2) is 29.9 Å². The van der Waals surface area contributed by atoms with Crippen molar-refractivity contribution in [2.75, 3.05) is 13.7 Å². The summed E-state index contributed by atoms with van der Waals surface area (Å²) in [5, 5.41) is 2.84. The Morgan fingerprint density at radius 2 is 2.21 bits per heavy atom. The number of hydrogen-bond donors (Lipinski definition) is 2. The molecule has 0 amide bonds. The lowest BCUT2D eigenvalue weighted by Gasteiger charge is -2.25. The molecule has 0 saturated carbocycles. The van der Waals surface area contributed by atoms with E-state index in [0.717, 1.165) is 0 Å². The number of likely N-dealkylation sites (N-methyl/N-ethyl adjacent to an activating group) is 1. The standard InChI is InChI=1S/C11H10F3N3O2/c1-15-7-4-18-6-3-2-5-8(9(6)19-7)17-10(16-5)11(12,13)14/h2-3,7,15H,4H2,1H3,(H,16,17). The molecule has 1 aromatic carbocycles. The van der Waals surface area contributed by atoms with Gasteiger partial charge in [-0.25, -0.2) is 4.98 Å². The smallest absolute Gasteiger partial charge is 0.449 e. The second-order valence-corrected chi connectivity index (χ2v) is 4.08. The van der Waals surface area contributed by atoms with Gasteiger partial charge in [-0.1, -0.05) is 0 Å². The maximum absolute atomic E-state index is 12.6. The van der Waals surface area contributed by atoms with Crippen LogP contribution in [0.3, 0.4) is 0 Å². The van der Waals surface area contributed by atoms with E-state index in [4.69, 9.17) is 9.47 Å². The number of alkyl halides is 3. The Labute approximate surface area is 105 Å². The third-order valence-electron chi connectivity index (χ3n) is 2.81. The van der Waals surface area contributed by atoms with Crippen molar-refractivity contribution >= 4 is 11.0 Å². The van der Waals surface area contributed by atoms with E-state index < -0.39 is 18.2 Å². The molecule has 0 saturated heterocycles. The molecular weight excluding hydrogens is 263 g/mol. The molecule has 0 radical (unpaired) electrons. The predicted molar refractivity (Wildman–Crippen MR) is 60.1 cm³/mol. The number of halogens is 3. The largest absolute Gasteiger partial charge is 0.484 e. The Morgan fingerprint density at radius 3 is 2.89 bits per heavy atom. The van der Waals surface area contributed by atoms with Crippen molar-refractivity contribution in [2.24, 2.45) is 0 Å². The predicted octanol–water partition coefficient (Wildman–Crippen LogP) is 1.90. The fourth-order valence-electron chi connectivity index (χ4n) is 1.88. The summed E-state index contributed by atoms with van der Waals surface area (Å²) in [6.07, 6.45) is -4.94. The third kappa shape index (κ3) is 1.97. The summed E-state index contributed by atoms with van der Waals surface area (Å²) < 4.78 is 48.8. The molecule has 3 rings (SSSR count).